The Kier molecular flexibility index (Phi) is 7.81. The Bertz CT molecular complexity index is 1370. The van der Waals surface area contributed by atoms with E-state index in [-0.39, 0.29) is 22.9 Å². The summed E-state index contributed by atoms with van der Waals surface area (Å²) < 4.78 is 3.02. The normalized spacial score (nSPS) is 22.9. The van der Waals surface area contributed by atoms with E-state index in [2.05, 4.69) is 68.6 Å². The Morgan fingerprint density at radius 1 is 1.12 bits per heavy atom. The molecule has 3 aromatic heterocycles. The fourth-order valence-electron chi connectivity index (χ4n) is 5.77. The van der Waals surface area contributed by atoms with E-state index >= 15 is 0 Å². The number of carbonyl (C=O) groups is 1. The second kappa shape index (κ2) is 11.0. The van der Waals surface area contributed by atoms with Crippen molar-refractivity contribution < 1.29 is 4.79 Å². The number of nitrogens with two attached hydrogens (primary N) is 1. The molecule has 0 radical (unpaired) electrons. The van der Waals surface area contributed by atoms with Crippen molar-refractivity contribution in [2.75, 3.05) is 16.8 Å². The minimum Gasteiger partial charge on any atom is -0.362 e. The second-order valence-corrected chi connectivity index (χ2v) is 13.6. The van der Waals surface area contributed by atoms with Gasteiger partial charge in [0.2, 0.25) is 0 Å². The first-order valence-electron chi connectivity index (χ1n) is 14.1. The Morgan fingerprint density at radius 2 is 1.93 bits per heavy atom. The maximum Gasteiger partial charge on any atom is 0.265 e. The SMILES string of the molecule is C[C@H]1CC(c2ccc(CN)cn2)Nc2cccc(n2)SNC(=O)c2ccc(C(C)(C)C)nc2N2C[C@@H]1CC2(C)C. The van der Waals surface area contributed by atoms with E-state index in [4.69, 9.17) is 20.7 Å². The van der Waals surface area contributed by atoms with Gasteiger partial charge in [-0.15, -0.1) is 0 Å². The minimum atomic E-state index is -0.169. The predicted molar refractivity (Wildman–Crippen MR) is 162 cm³/mol. The van der Waals surface area contributed by atoms with Gasteiger partial charge in [0.25, 0.3) is 5.91 Å². The van der Waals surface area contributed by atoms with Gasteiger partial charge in [0, 0.05) is 47.9 Å². The first-order valence-corrected chi connectivity index (χ1v) is 14.9. The Balaban J connectivity index is 1.57. The van der Waals surface area contributed by atoms with Crippen LogP contribution in [0.1, 0.15) is 87.7 Å². The summed E-state index contributed by atoms with van der Waals surface area (Å²) in [6, 6.07) is 13.8. The molecule has 4 N–H and O–H groups in total. The van der Waals surface area contributed by atoms with Crippen LogP contribution in [0.2, 0.25) is 0 Å². The number of amides is 1. The highest BCUT2D eigenvalue weighted by atomic mass is 32.2. The molecule has 0 aromatic carbocycles. The van der Waals surface area contributed by atoms with Gasteiger partial charge in [0.1, 0.15) is 16.7 Å². The largest absolute Gasteiger partial charge is 0.362 e. The highest BCUT2D eigenvalue weighted by Gasteiger charge is 2.43. The molecule has 1 saturated heterocycles. The van der Waals surface area contributed by atoms with Crippen molar-refractivity contribution in [3.8, 4) is 0 Å². The summed E-state index contributed by atoms with van der Waals surface area (Å²) in [6.45, 7) is 14.6. The maximum atomic E-state index is 13.6. The molecular weight excluding hydrogens is 518 g/mol. The zero-order valence-electron chi connectivity index (χ0n) is 24.4. The zero-order chi connectivity index (χ0) is 28.7. The smallest absolute Gasteiger partial charge is 0.265 e. The van der Waals surface area contributed by atoms with Crippen LogP contribution in [-0.4, -0.2) is 32.9 Å². The second-order valence-electron chi connectivity index (χ2n) is 12.8. The fraction of sp³-hybridized carbons (Fsp3) is 0.484. The topological polar surface area (TPSA) is 109 Å². The molecule has 0 spiro atoms. The average Bonchev–Trinajstić information content (AvgIpc) is 3.25. The van der Waals surface area contributed by atoms with Crippen LogP contribution in [0.5, 0.6) is 0 Å². The van der Waals surface area contributed by atoms with Crippen LogP contribution in [0.4, 0.5) is 11.6 Å². The first kappa shape index (κ1) is 28.4. The van der Waals surface area contributed by atoms with E-state index in [1.54, 1.807) is 0 Å². The van der Waals surface area contributed by atoms with Gasteiger partial charge in [-0.05, 0) is 74.4 Å². The number of nitrogens with zero attached hydrogens (tertiary/aromatic N) is 4. The number of aromatic nitrogens is 3. The standard InChI is InChI=1S/C31H41N7OS/c1-19-14-24(23-12-10-20(16-32)17-33-23)34-26-8-7-9-27(36-26)40-37-29(39)22-11-13-25(30(2,3)4)35-28(22)38-18-21(19)15-31(38,5)6/h7-13,17,19,21,24H,14-16,18,32H2,1-6H3,(H,34,36)(H,37,39)/t19-,21-,24?/m0/s1. The zero-order valence-corrected chi connectivity index (χ0v) is 25.2. The number of pyridine rings is 3. The number of rotatable bonds is 2. The lowest BCUT2D eigenvalue weighted by Crippen LogP contribution is -2.40. The minimum absolute atomic E-state index is 0.0237. The van der Waals surface area contributed by atoms with Gasteiger partial charge in [-0.1, -0.05) is 39.8 Å². The first-order chi connectivity index (χ1) is 18.9. The van der Waals surface area contributed by atoms with Crippen LogP contribution in [0.25, 0.3) is 0 Å². The van der Waals surface area contributed by atoms with Crippen LogP contribution < -0.4 is 20.7 Å². The summed E-state index contributed by atoms with van der Waals surface area (Å²) in [4.78, 5) is 30.6. The molecule has 3 aromatic rings. The van der Waals surface area contributed by atoms with Gasteiger partial charge >= 0.3 is 0 Å². The van der Waals surface area contributed by atoms with E-state index in [1.165, 1.54) is 11.9 Å². The highest BCUT2D eigenvalue weighted by molar-refractivity contribution is 7.97. The third kappa shape index (κ3) is 5.95. The van der Waals surface area contributed by atoms with Crippen LogP contribution >= 0.6 is 11.9 Å². The molecule has 1 fully saturated rings. The van der Waals surface area contributed by atoms with Gasteiger partial charge in [-0.3, -0.25) is 14.5 Å². The van der Waals surface area contributed by atoms with Gasteiger partial charge < -0.3 is 16.0 Å². The number of hydrogen-bond donors (Lipinski definition) is 3. The lowest BCUT2D eigenvalue weighted by atomic mass is 9.83. The molecule has 4 bridgehead atoms. The monoisotopic (exact) mass is 559 g/mol. The van der Waals surface area contributed by atoms with Gasteiger partial charge in [-0.25, -0.2) is 9.97 Å². The number of fused-ring (bicyclic) bond motifs is 6. The lowest BCUT2D eigenvalue weighted by molar-refractivity contribution is 0.0984. The Morgan fingerprint density at radius 3 is 2.62 bits per heavy atom. The van der Waals surface area contributed by atoms with Crippen LogP contribution in [-0.2, 0) is 12.0 Å². The summed E-state index contributed by atoms with van der Waals surface area (Å²) in [5.41, 5.74) is 9.09. The van der Waals surface area contributed by atoms with Gasteiger partial charge in [0.05, 0.1) is 17.3 Å². The van der Waals surface area contributed by atoms with Crippen molar-refractivity contribution >= 4 is 29.5 Å². The summed E-state index contributed by atoms with van der Waals surface area (Å²) >= 11 is 1.22. The summed E-state index contributed by atoms with van der Waals surface area (Å²) in [5, 5.41) is 4.35. The molecule has 5 rings (SSSR count). The molecule has 1 amide bonds. The van der Waals surface area contributed by atoms with Crippen LogP contribution in [0.3, 0.4) is 0 Å². The molecular formula is C31H41N7OS. The molecule has 2 aliphatic rings. The van der Waals surface area contributed by atoms with Crippen LogP contribution in [0, 0.1) is 11.8 Å². The van der Waals surface area contributed by atoms with Crippen molar-refractivity contribution in [2.24, 2.45) is 17.6 Å². The summed E-state index contributed by atoms with van der Waals surface area (Å²) in [5.74, 6) is 2.13. The quantitative estimate of drug-likeness (QED) is 0.335. The van der Waals surface area contributed by atoms with Gasteiger partial charge in [-0.2, -0.15) is 0 Å². The molecule has 8 nitrogen and oxygen atoms in total. The summed E-state index contributed by atoms with van der Waals surface area (Å²) in [7, 11) is 0. The molecule has 0 aliphatic carbocycles. The molecule has 9 heteroatoms. The van der Waals surface area contributed by atoms with Crippen LogP contribution in [0.15, 0.2) is 53.7 Å². The van der Waals surface area contributed by atoms with Gasteiger partial charge in [0.15, 0.2) is 0 Å². The van der Waals surface area contributed by atoms with Crippen molar-refractivity contribution in [1.29, 1.82) is 0 Å². The fourth-order valence-corrected chi connectivity index (χ4v) is 6.36. The van der Waals surface area contributed by atoms with E-state index in [0.717, 1.165) is 48.0 Å². The number of carbonyl (C=O) groups excluding carboxylic acids is 1. The van der Waals surface area contributed by atoms with E-state index in [9.17, 15) is 4.79 Å². The van der Waals surface area contributed by atoms with Crippen molar-refractivity contribution in [1.82, 2.24) is 19.7 Å². The number of hydrogen-bond acceptors (Lipinski definition) is 8. The average molecular weight is 560 g/mol. The Hall–Kier alpha value is -3.17. The third-order valence-electron chi connectivity index (χ3n) is 8.20. The Labute approximate surface area is 242 Å². The van der Waals surface area contributed by atoms with E-state index < -0.39 is 0 Å². The molecule has 40 heavy (non-hydrogen) atoms. The molecule has 1 unspecified atom stereocenters. The van der Waals surface area contributed by atoms with Crippen molar-refractivity contribution in [3.05, 3.63) is 71.2 Å². The van der Waals surface area contributed by atoms with Crippen molar-refractivity contribution in [3.63, 3.8) is 0 Å². The number of anilines is 2. The molecule has 2 aliphatic heterocycles. The molecule has 212 valence electrons. The molecule has 3 atom stereocenters. The predicted octanol–water partition coefficient (Wildman–Crippen LogP) is 5.86. The maximum absolute atomic E-state index is 13.6. The highest BCUT2D eigenvalue weighted by Crippen LogP contribution is 2.43. The lowest BCUT2D eigenvalue weighted by Gasteiger charge is -2.34. The third-order valence-corrected chi connectivity index (χ3v) is 8.92. The number of nitrogens with one attached hydrogen (secondary N) is 2. The molecule has 0 saturated carbocycles. The van der Waals surface area contributed by atoms with E-state index in [0.29, 0.717) is 29.0 Å². The summed E-state index contributed by atoms with van der Waals surface area (Å²) in [6.07, 6.45) is 3.76. The van der Waals surface area contributed by atoms with E-state index in [1.807, 2.05) is 36.5 Å². The molecule has 5 heterocycles. The van der Waals surface area contributed by atoms with Crippen molar-refractivity contribution in [2.45, 2.75) is 83.0 Å².